The van der Waals surface area contributed by atoms with Crippen LogP contribution in [-0.4, -0.2) is 31.4 Å². The maximum Gasteiger partial charge on any atom is 0.238 e. The number of likely N-dealkylation sites (N-methyl/N-ethyl adjacent to an activating group) is 1. The van der Waals surface area contributed by atoms with Gasteiger partial charge >= 0.3 is 0 Å². The maximum atomic E-state index is 11.4. The molecular weight excluding hydrogens is 235 g/mol. The number of nitrogens with zero attached hydrogens (tertiary/aromatic N) is 1. The Bertz CT molecular complexity index is 329. The molecule has 0 aromatic heterocycles. The molecule has 1 N–H and O–H groups in total. The minimum Gasteiger partial charge on any atom is -0.324 e. The number of para-hydroxylation sites is 1. The average molecular weight is 249 g/mol. The largest absolute Gasteiger partial charge is 0.324 e. The number of nitrogens with one attached hydrogen (secondary N) is 1. The quantitative estimate of drug-likeness (QED) is 0.891. The number of amides is 1. The SMILES string of the molecule is CN(C)CC(=O)Nc1ccccc1Cl.Cl. The van der Waals surface area contributed by atoms with Gasteiger partial charge in [0.25, 0.3) is 0 Å². The Labute approximate surface area is 101 Å². The van der Waals surface area contributed by atoms with Crippen molar-refractivity contribution in [3.8, 4) is 0 Å². The van der Waals surface area contributed by atoms with E-state index in [9.17, 15) is 4.79 Å². The van der Waals surface area contributed by atoms with Gasteiger partial charge in [0.1, 0.15) is 0 Å². The Morgan fingerprint density at radius 1 is 1.40 bits per heavy atom. The van der Waals surface area contributed by atoms with Gasteiger partial charge in [-0.15, -0.1) is 12.4 Å². The fourth-order valence-electron chi connectivity index (χ4n) is 1.04. The van der Waals surface area contributed by atoms with Crippen molar-refractivity contribution in [3.05, 3.63) is 29.3 Å². The summed E-state index contributed by atoms with van der Waals surface area (Å²) in [5.74, 6) is -0.0666. The molecule has 0 heterocycles. The van der Waals surface area contributed by atoms with Crippen LogP contribution in [0.2, 0.25) is 5.02 Å². The van der Waals surface area contributed by atoms with Crippen LogP contribution in [0.4, 0.5) is 5.69 Å². The number of carbonyl (C=O) groups is 1. The number of hydrogen-bond acceptors (Lipinski definition) is 2. The molecule has 0 fully saturated rings. The molecule has 0 bridgehead atoms. The second-order valence-electron chi connectivity index (χ2n) is 3.27. The van der Waals surface area contributed by atoms with Crippen molar-refractivity contribution < 1.29 is 4.79 Å². The normalized spacial score (nSPS) is 9.60. The van der Waals surface area contributed by atoms with Crippen molar-refractivity contribution in [2.45, 2.75) is 0 Å². The van der Waals surface area contributed by atoms with E-state index >= 15 is 0 Å². The highest BCUT2D eigenvalue weighted by atomic mass is 35.5. The maximum absolute atomic E-state index is 11.4. The van der Waals surface area contributed by atoms with Gasteiger partial charge in [0, 0.05) is 0 Å². The van der Waals surface area contributed by atoms with E-state index < -0.39 is 0 Å². The van der Waals surface area contributed by atoms with Crippen molar-refractivity contribution in [2.75, 3.05) is 26.0 Å². The van der Waals surface area contributed by atoms with Crippen molar-refractivity contribution >= 4 is 35.6 Å². The van der Waals surface area contributed by atoms with Crippen LogP contribution in [0.5, 0.6) is 0 Å². The van der Waals surface area contributed by atoms with Crippen LogP contribution >= 0.6 is 24.0 Å². The standard InChI is InChI=1S/C10H13ClN2O.ClH/c1-13(2)7-10(14)12-9-6-4-3-5-8(9)11;/h3-6H,7H2,1-2H3,(H,12,14);1H. The summed E-state index contributed by atoms with van der Waals surface area (Å²) in [7, 11) is 3.68. The lowest BCUT2D eigenvalue weighted by atomic mass is 10.3. The number of anilines is 1. The Hall–Kier alpha value is -0.770. The first-order chi connectivity index (χ1) is 6.59. The third-order valence-electron chi connectivity index (χ3n) is 1.61. The van der Waals surface area contributed by atoms with E-state index in [1.165, 1.54) is 0 Å². The van der Waals surface area contributed by atoms with Crippen LogP contribution in [0, 0.1) is 0 Å². The van der Waals surface area contributed by atoms with E-state index in [2.05, 4.69) is 5.32 Å². The lowest BCUT2D eigenvalue weighted by Gasteiger charge is -2.10. The van der Waals surface area contributed by atoms with E-state index in [4.69, 9.17) is 11.6 Å². The predicted octanol–water partition coefficient (Wildman–Crippen LogP) is 2.26. The fraction of sp³-hybridized carbons (Fsp3) is 0.300. The number of benzene rings is 1. The molecule has 0 spiro atoms. The zero-order valence-electron chi connectivity index (χ0n) is 8.66. The monoisotopic (exact) mass is 248 g/mol. The number of halogens is 2. The first-order valence-electron chi connectivity index (χ1n) is 4.28. The highest BCUT2D eigenvalue weighted by molar-refractivity contribution is 6.33. The Kier molecular flexibility index (Phi) is 6.32. The van der Waals surface area contributed by atoms with Gasteiger partial charge in [-0.3, -0.25) is 4.79 Å². The van der Waals surface area contributed by atoms with E-state index in [1.54, 1.807) is 17.0 Å². The van der Waals surface area contributed by atoms with Gasteiger partial charge in [0.2, 0.25) is 5.91 Å². The van der Waals surface area contributed by atoms with Gasteiger partial charge in [-0.05, 0) is 26.2 Å². The molecule has 0 radical (unpaired) electrons. The summed E-state index contributed by atoms with van der Waals surface area (Å²) in [4.78, 5) is 13.2. The van der Waals surface area contributed by atoms with Crippen LogP contribution in [0.25, 0.3) is 0 Å². The summed E-state index contributed by atoms with van der Waals surface area (Å²) in [6.45, 7) is 0.352. The van der Waals surface area contributed by atoms with Crippen LogP contribution in [0.15, 0.2) is 24.3 Å². The van der Waals surface area contributed by atoms with Gasteiger partial charge < -0.3 is 10.2 Å². The zero-order chi connectivity index (χ0) is 10.6. The number of hydrogen-bond donors (Lipinski definition) is 1. The summed E-state index contributed by atoms with van der Waals surface area (Å²) in [6, 6.07) is 7.17. The van der Waals surface area contributed by atoms with Crippen LogP contribution < -0.4 is 5.32 Å². The minimum absolute atomic E-state index is 0. The average Bonchev–Trinajstić information content (AvgIpc) is 2.07. The van der Waals surface area contributed by atoms with E-state index in [0.717, 1.165) is 0 Å². The van der Waals surface area contributed by atoms with Gasteiger partial charge in [-0.2, -0.15) is 0 Å². The Balaban J connectivity index is 0.00000196. The van der Waals surface area contributed by atoms with E-state index in [0.29, 0.717) is 17.3 Å². The minimum atomic E-state index is -0.0666. The highest BCUT2D eigenvalue weighted by Gasteiger charge is 2.05. The molecule has 1 rings (SSSR count). The molecule has 1 aromatic rings. The fourth-order valence-corrected chi connectivity index (χ4v) is 1.22. The predicted molar refractivity (Wildman–Crippen MR) is 65.9 cm³/mol. The molecule has 3 nitrogen and oxygen atoms in total. The lowest BCUT2D eigenvalue weighted by molar-refractivity contribution is -0.116. The third-order valence-corrected chi connectivity index (χ3v) is 1.94. The van der Waals surface area contributed by atoms with Gasteiger partial charge in [-0.25, -0.2) is 0 Å². The molecule has 0 saturated carbocycles. The molecule has 5 heteroatoms. The zero-order valence-corrected chi connectivity index (χ0v) is 10.2. The summed E-state index contributed by atoms with van der Waals surface area (Å²) in [5.41, 5.74) is 0.654. The summed E-state index contributed by atoms with van der Waals surface area (Å²) >= 11 is 5.88. The number of carbonyl (C=O) groups excluding carboxylic acids is 1. The van der Waals surface area contributed by atoms with Crippen molar-refractivity contribution in [3.63, 3.8) is 0 Å². The van der Waals surface area contributed by atoms with Crippen LogP contribution in [-0.2, 0) is 4.79 Å². The Morgan fingerprint density at radius 3 is 2.53 bits per heavy atom. The highest BCUT2D eigenvalue weighted by Crippen LogP contribution is 2.19. The molecule has 1 aromatic carbocycles. The molecule has 0 aliphatic carbocycles. The molecule has 1 amide bonds. The molecule has 0 aliphatic rings. The summed E-state index contributed by atoms with van der Waals surface area (Å²) in [5, 5.41) is 3.28. The summed E-state index contributed by atoms with van der Waals surface area (Å²) < 4.78 is 0. The smallest absolute Gasteiger partial charge is 0.238 e. The van der Waals surface area contributed by atoms with Crippen LogP contribution in [0.1, 0.15) is 0 Å². The third kappa shape index (κ3) is 5.02. The van der Waals surface area contributed by atoms with Crippen molar-refractivity contribution in [1.82, 2.24) is 4.90 Å². The first kappa shape index (κ1) is 14.2. The molecule has 0 atom stereocenters. The van der Waals surface area contributed by atoms with Crippen LogP contribution in [0.3, 0.4) is 0 Å². The summed E-state index contributed by atoms with van der Waals surface area (Å²) in [6.07, 6.45) is 0. The lowest BCUT2D eigenvalue weighted by Crippen LogP contribution is -2.27. The van der Waals surface area contributed by atoms with E-state index in [1.807, 2.05) is 26.2 Å². The molecule has 0 aliphatic heterocycles. The van der Waals surface area contributed by atoms with Crippen molar-refractivity contribution in [1.29, 1.82) is 0 Å². The second-order valence-corrected chi connectivity index (χ2v) is 3.67. The first-order valence-corrected chi connectivity index (χ1v) is 4.66. The molecular formula is C10H14Cl2N2O. The van der Waals surface area contributed by atoms with Gasteiger partial charge in [0.05, 0.1) is 17.3 Å². The molecule has 0 unspecified atom stereocenters. The topological polar surface area (TPSA) is 32.3 Å². The van der Waals surface area contributed by atoms with E-state index in [-0.39, 0.29) is 18.3 Å². The number of rotatable bonds is 3. The van der Waals surface area contributed by atoms with Gasteiger partial charge in [0.15, 0.2) is 0 Å². The Morgan fingerprint density at radius 2 is 2.00 bits per heavy atom. The molecule has 0 saturated heterocycles. The van der Waals surface area contributed by atoms with Crippen molar-refractivity contribution in [2.24, 2.45) is 0 Å². The second kappa shape index (κ2) is 6.67. The molecule has 84 valence electrons. The van der Waals surface area contributed by atoms with Gasteiger partial charge in [-0.1, -0.05) is 23.7 Å². The molecule has 15 heavy (non-hydrogen) atoms.